The molecule has 2 heterocycles. The smallest absolute Gasteiger partial charge is 0.127 e. The third-order valence-corrected chi connectivity index (χ3v) is 5.47. The lowest BCUT2D eigenvalue weighted by molar-refractivity contribution is 0.350. The first-order valence-electron chi connectivity index (χ1n) is 7.12. The van der Waals surface area contributed by atoms with E-state index in [9.17, 15) is 0 Å². The zero-order chi connectivity index (χ0) is 14.8. The maximum absolute atomic E-state index is 6.37. The fourth-order valence-corrected chi connectivity index (χ4v) is 4.44. The van der Waals surface area contributed by atoms with Crippen LogP contribution in [-0.2, 0) is 6.42 Å². The van der Waals surface area contributed by atoms with Gasteiger partial charge >= 0.3 is 0 Å². The van der Waals surface area contributed by atoms with Crippen molar-refractivity contribution in [3.8, 4) is 5.75 Å². The second-order valence-electron chi connectivity index (χ2n) is 5.10. The van der Waals surface area contributed by atoms with Crippen molar-refractivity contribution in [1.29, 1.82) is 0 Å². The first-order chi connectivity index (χ1) is 10.2. The molecule has 0 fully saturated rings. The van der Waals surface area contributed by atoms with E-state index < -0.39 is 0 Å². The van der Waals surface area contributed by atoms with E-state index in [0.717, 1.165) is 46.1 Å². The minimum absolute atomic E-state index is 0.0850. The van der Waals surface area contributed by atoms with E-state index in [0.29, 0.717) is 0 Å². The molecule has 2 aromatic rings. The molecule has 5 heteroatoms. The summed E-state index contributed by atoms with van der Waals surface area (Å²) in [6.07, 6.45) is 2.05. The fourth-order valence-electron chi connectivity index (χ4n) is 2.66. The summed E-state index contributed by atoms with van der Waals surface area (Å²) in [4.78, 5) is 1.15. The Balaban J connectivity index is 2.07. The molecule has 1 aliphatic rings. The first kappa shape index (κ1) is 15.3. The van der Waals surface area contributed by atoms with Crippen molar-refractivity contribution < 1.29 is 4.74 Å². The Morgan fingerprint density at radius 3 is 3.05 bits per heavy atom. The number of halogens is 2. The van der Waals surface area contributed by atoms with Gasteiger partial charge in [0.25, 0.3) is 0 Å². The van der Waals surface area contributed by atoms with Crippen LogP contribution >= 0.6 is 38.9 Å². The number of ether oxygens (including phenoxy) is 1. The first-order valence-corrected chi connectivity index (χ1v) is 9.17. The molecule has 0 saturated heterocycles. The molecule has 1 N–H and O–H groups in total. The average molecular weight is 387 g/mol. The standard InChI is InChI=1S/C16H17BrClNOS/c1-2-5-19-14(16-13(18)4-7-21-16)12-9-11(17)8-10-3-6-20-15(10)12/h4,7-9,14,19H,2-3,5-6H2,1H3. The summed E-state index contributed by atoms with van der Waals surface area (Å²) in [5.41, 5.74) is 2.45. The molecular weight excluding hydrogens is 370 g/mol. The maximum atomic E-state index is 6.37. The highest BCUT2D eigenvalue weighted by Gasteiger charge is 2.26. The molecule has 112 valence electrons. The van der Waals surface area contributed by atoms with Crippen LogP contribution < -0.4 is 10.1 Å². The van der Waals surface area contributed by atoms with E-state index >= 15 is 0 Å². The number of fused-ring (bicyclic) bond motifs is 1. The van der Waals surface area contributed by atoms with Crippen molar-refractivity contribution in [2.45, 2.75) is 25.8 Å². The summed E-state index contributed by atoms with van der Waals surface area (Å²) in [6, 6.07) is 6.34. The SMILES string of the molecule is CCCNC(c1cc(Br)cc2c1OCC2)c1sccc1Cl. The predicted octanol–water partition coefficient (Wildman–Crippen LogP) is 5.19. The maximum Gasteiger partial charge on any atom is 0.127 e. The van der Waals surface area contributed by atoms with Crippen LogP contribution in [0.5, 0.6) is 5.75 Å². The van der Waals surface area contributed by atoms with Crippen molar-refractivity contribution in [2.24, 2.45) is 0 Å². The lowest BCUT2D eigenvalue weighted by Gasteiger charge is -2.21. The minimum Gasteiger partial charge on any atom is -0.493 e. The van der Waals surface area contributed by atoms with Gasteiger partial charge in [-0.05, 0) is 42.1 Å². The van der Waals surface area contributed by atoms with E-state index in [1.807, 2.05) is 11.4 Å². The molecule has 2 nitrogen and oxygen atoms in total. The van der Waals surface area contributed by atoms with Crippen molar-refractivity contribution >= 4 is 38.9 Å². The molecule has 1 unspecified atom stereocenters. The van der Waals surface area contributed by atoms with Gasteiger partial charge in [-0.2, -0.15) is 0 Å². The van der Waals surface area contributed by atoms with Gasteiger partial charge in [0.2, 0.25) is 0 Å². The lowest BCUT2D eigenvalue weighted by atomic mass is 10.0. The Kier molecular flexibility index (Phi) is 4.89. The number of nitrogens with one attached hydrogen (secondary N) is 1. The molecule has 0 bridgehead atoms. The van der Waals surface area contributed by atoms with Gasteiger partial charge in [-0.1, -0.05) is 34.5 Å². The molecule has 21 heavy (non-hydrogen) atoms. The fraction of sp³-hybridized carbons (Fsp3) is 0.375. The molecule has 0 spiro atoms. The molecule has 0 saturated carbocycles. The topological polar surface area (TPSA) is 21.3 Å². The van der Waals surface area contributed by atoms with Crippen LogP contribution in [0.2, 0.25) is 5.02 Å². The van der Waals surface area contributed by atoms with Gasteiger partial charge in [0.05, 0.1) is 17.7 Å². The number of thiophene rings is 1. The molecule has 1 aromatic carbocycles. The van der Waals surface area contributed by atoms with Crippen LogP contribution in [0.1, 0.15) is 35.4 Å². The molecule has 0 radical (unpaired) electrons. The van der Waals surface area contributed by atoms with E-state index in [-0.39, 0.29) is 6.04 Å². The van der Waals surface area contributed by atoms with E-state index in [1.54, 1.807) is 11.3 Å². The van der Waals surface area contributed by atoms with Crippen molar-refractivity contribution in [2.75, 3.05) is 13.2 Å². The van der Waals surface area contributed by atoms with Crippen molar-refractivity contribution in [3.63, 3.8) is 0 Å². The van der Waals surface area contributed by atoms with Crippen LogP contribution in [0.4, 0.5) is 0 Å². The van der Waals surface area contributed by atoms with Crippen LogP contribution in [-0.4, -0.2) is 13.2 Å². The Bertz CT molecular complexity index is 643. The lowest BCUT2D eigenvalue weighted by Crippen LogP contribution is -2.23. The second kappa shape index (κ2) is 6.69. The Morgan fingerprint density at radius 1 is 1.48 bits per heavy atom. The number of rotatable bonds is 5. The minimum atomic E-state index is 0.0850. The summed E-state index contributed by atoms with van der Waals surface area (Å²) >= 11 is 11.7. The zero-order valence-electron chi connectivity index (χ0n) is 11.8. The highest BCUT2D eigenvalue weighted by molar-refractivity contribution is 9.10. The third-order valence-electron chi connectivity index (χ3n) is 3.59. The van der Waals surface area contributed by atoms with Crippen LogP contribution in [0.3, 0.4) is 0 Å². The Labute approximate surface area is 142 Å². The molecule has 0 aliphatic carbocycles. The molecule has 1 aromatic heterocycles. The molecule has 0 amide bonds. The summed E-state index contributed by atoms with van der Waals surface area (Å²) in [6.45, 7) is 3.87. The van der Waals surface area contributed by atoms with E-state index in [4.69, 9.17) is 16.3 Å². The molecule has 1 aliphatic heterocycles. The van der Waals surface area contributed by atoms with Gasteiger partial charge in [-0.15, -0.1) is 11.3 Å². The highest BCUT2D eigenvalue weighted by Crippen LogP contribution is 2.41. The summed E-state index contributed by atoms with van der Waals surface area (Å²) < 4.78 is 6.98. The van der Waals surface area contributed by atoms with Gasteiger partial charge in [0.1, 0.15) is 5.75 Å². The number of hydrogen-bond donors (Lipinski definition) is 1. The number of benzene rings is 1. The monoisotopic (exact) mass is 385 g/mol. The molecule has 3 rings (SSSR count). The molecule has 1 atom stereocenters. The van der Waals surface area contributed by atoms with Crippen LogP contribution in [0, 0.1) is 0 Å². The number of hydrogen-bond acceptors (Lipinski definition) is 3. The van der Waals surface area contributed by atoms with Crippen molar-refractivity contribution in [1.82, 2.24) is 5.32 Å². The predicted molar refractivity (Wildman–Crippen MR) is 92.8 cm³/mol. The second-order valence-corrected chi connectivity index (χ2v) is 7.37. The molecular formula is C16H17BrClNOS. The van der Waals surface area contributed by atoms with Gasteiger partial charge in [-0.3, -0.25) is 0 Å². The van der Waals surface area contributed by atoms with E-state index in [1.165, 1.54) is 11.1 Å². The summed E-state index contributed by atoms with van der Waals surface area (Å²) in [7, 11) is 0. The summed E-state index contributed by atoms with van der Waals surface area (Å²) in [5.74, 6) is 1.02. The van der Waals surface area contributed by atoms with Gasteiger partial charge in [0, 0.05) is 21.3 Å². The third kappa shape index (κ3) is 3.14. The van der Waals surface area contributed by atoms with Crippen LogP contribution in [0.15, 0.2) is 28.1 Å². The zero-order valence-corrected chi connectivity index (χ0v) is 14.9. The quantitative estimate of drug-likeness (QED) is 0.763. The van der Waals surface area contributed by atoms with Crippen LogP contribution in [0.25, 0.3) is 0 Å². The van der Waals surface area contributed by atoms with Gasteiger partial charge < -0.3 is 10.1 Å². The van der Waals surface area contributed by atoms with Crippen molar-refractivity contribution in [3.05, 3.63) is 49.1 Å². The van der Waals surface area contributed by atoms with Gasteiger partial charge in [-0.25, -0.2) is 0 Å². The van der Waals surface area contributed by atoms with Gasteiger partial charge in [0.15, 0.2) is 0 Å². The van der Waals surface area contributed by atoms with E-state index in [2.05, 4.69) is 40.3 Å². The Hall–Kier alpha value is -0.550. The average Bonchev–Trinajstić information content (AvgIpc) is 3.08. The highest BCUT2D eigenvalue weighted by atomic mass is 79.9. The Morgan fingerprint density at radius 2 is 2.33 bits per heavy atom. The largest absolute Gasteiger partial charge is 0.493 e. The normalized spacial score (nSPS) is 14.8. The summed E-state index contributed by atoms with van der Waals surface area (Å²) in [5, 5.41) is 6.47.